The molecule has 0 bridgehead atoms. The van der Waals surface area contributed by atoms with E-state index in [1.165, 1.54) is 11.0 Å². The third kappa shape index (κ3) is 6.72. The van der Waals surface area contributed by atoms with Crippen molar-refractivity contribution >= 4 is 21.7 Å². The molecular formula is C10H17NO5S. The largest absolute Gasteiger partial charge is 0.481 e. The van der Waals surface area contributed by atoms with Crippen LogP contribution in [-0.2, 0) is 19.4 Å². The Balaban J connectivity index is 4.45. The molecule has 0 aliphatic carbocycles. The summed E-state index contributed by atoms with van der Waals surface area (Å²) in [7, 11) is -3.48. The fraction of sp³-hybridized carbons (Fsp3) is 0.600. The number of hydrogen-bond acceptors (Lipinski definition) is 4. The van der Waals surface area contributed by atoms with Crippen molar-refractivity contribution in [3.8, 4) is 0 Å². The minimum Gasteiger partial charge on any atom is -0.481 e. The summed E-state index contributed by atoms with van der Waals surface area (Å²) in [5.74, 6) is -2.46. The maximum absolute atomic E-state index is 11.6. The van der Waals surface area contributed by atoms with Crippen molar-refractivity contribution in [2.75, 3.05) is 24.6 Å². The molecule has 0 saturated heterocycles. The molecule has 0 aromatic carbocycles. The smallest absolute Gasteiger partial charge is 0.305 e. The van der Waals surface area contributed by atoms with Gasteiger partial charge in [-0.15, -0.1) is 6.58 Å². The molecule has 17 heavy (non-hydrogen) atoms. The highest BCUT2D eigenvalue weighted by atomic mass is 32.2. The number of rotatable bonds is 8. The van der Waals surface area contributed by atoms with E-state index in [0.29, 0.717) is 0 Å². The van der Waals surface area contributed by atoms with E-state index in [1.807, 2.05) is 0 Å². The minimum atomic E-state index is -3.48. The minimum absolute atomic E-state index is 0.0221. The number of aliphatic carboxylic acids is 1. The lowest BCUT2D eigenvalue weighted by molar-refractivity contribution is -0.138. The van der Waals surface area contributed by atoms with Crippen molar-refractivity contribution in [2.24, 2.45) is 0 Å². The van der Waals surface area contributed by atoms with Crippen molar-refractivity contribution in [3.05, 3.63) is 12.7 Å². The second kappa shape index (κ2) is 7.05. The molecule has 0 fully saturated rings. The van der Waals surface area contributed by atoms with Crippen LogP contribution in [-0.4, -0.2) is 54.9 Å². The van der Waals surface area contributed by atoms with Crippen LogP contribution >= 0.6 is 0 Å². The topological polar surface area (TPSA) is 91.8 Å². The molecule has 0 atom stereocenters. The first-order valence-electron chi connectivity index (χ1n) is 5.13. The molecule has 1 amide bonds. The number of nitrogens with zero attached hydrogens (tertiary/aromatic N) is 1. The second-order valence-corrected chi connectivity index (χ2v) is 5.57. The zero-order chi connectivity index (χ0) is 13.5. The molecule has 0 aromatic heterocycles. The molecule has 7 heteroatoms. The van der Waals surface area contributed by atoms with Crippen molar-refractivity contribution in [2.45, 2.75) is 13.3 Å². The first-order chi connectivity index (χ1) is 7.82. The highest BCUT2D eigenvalue weighted by Crippen LogP contribution is 1.98. The van der Waals surface area contributed by atoms with E-state index in [9.17, 15) is 18.0 Å². The van der Waals surface area contributed by atoms with Gasteiger partial charge in [-0.25, -0.2) is 8.42 Å². The average molecular weight is 263 g/mol. The number of carbonyl (C=O) groups is 2. The van der Waals surface area contributed by atoms with Gasteiger partial charge in [0, 0.05) is 13.1 Å². The molecule has 0 saturated carbocycles. The highest BCUT2D eigenvalue weighted by Gasteiger charge is 2.20. The molecular weight excluding hydrogens is 246 g/mol. The summed E-state index contributed by atoms with van der Waals surface area (Å²) in [5.41, 5.74) is 0. The monoisotopic (exact) mass is 263 g/mol. The predicted molar refractivity (Wildman–Crippen MR) is 63.4 cm³/mol. The van der Waals surface area contributed by atoms with E-state index in [1.54, 1.807) is 6.92 Å². The molecule has 0 aromatic rings. The van der Waals surface area contributed by atoms with Crippen LogP contribution in [0.4, 0.5) is 0 Å². The van der Waals surface area contributed by atoms with Gasteiger partial charge in [0.1, 0.15) is 5.75 Å². The van der Waals surface area contributed by atoms with Gasteiger partial charge in [0.25, 0.3) is 0 Å². The van der Waals surface area contributed by atoms with E-state index in [0.717, 1.165) is 0 Å². The van der Waals surface area contributed by atoms with Gasteiger partial charge in [0.15, 0.2) is 9.84 Å². The zero-order valence-electron chi connectivity index (χ0n) is 9.76. The van der Waals surface area contributed by atoms with E-state index in [-0.39, 0.29) is 25.3 Å². The number of carboxylic acid groups (broad SMARTS) is 1. The molecule has 98 valence electrons. The standard InChI is InChI=1S/C10H17NO5S/c1-3-7-17(15,16)8-9(12)11(4-2)6-5-10(13)14/h3H,1,4-8H2,2H3,(H,13,14). The number of carbonyl (C=O) groups excluding carboxylic acids is 1. The predicted octanol–water partition coefficient (Wildman–Crippen LogP) is -0.0896. The Morgan fingerprint density at radius 2 is 2.00 bits per heavy atom. The van der Waals surface area contributed by atoms with Crippen molar-refractivity contribution < 1.29 is 23.1 Å². The lowest BCUT2D eigenvalue weighted by Crippen LogP contribution is -2.37. The maximum atomic E-state index is 11.6. The average Bonchev–Trinajstić information content (AvgIpc) is 2.16. The number of hydrogen-bond donors (Lipinski definition) is 1. The normalized spacial score (nSPS) is 10.9. The molecule has 6 nitrogen and oxygen atoms in total. The summed E-state index contributed by atoms with van der Waals surface area (Å²) < 4.78 is 22.7. The third-order valence-corrected chi connectivity index (χ3v) is 3.48. The maximum Gasteiger partial charge on any atom is 0.305 e. The Hall–Kier alpha value is -1.37. The lowest BCUT2D eigenvalue weighted by atomic mass is 10.4. The SMILES string of the molecule is C=CCS(=O)(=O)CC(=O)N(CC)CCC(=O)O. The van der Waals surface area contributed by atoms with Gasteiger partial charge in [0.05, 0.1) is 12.2 Å². The molecule has 0 aliphatic rings. The van der Waals surface area contributed by atoms with Crippen LogP contribution in [0.1, 0.15) is 13.3 Å². The number of sulfone groups is 1. The summed E-state index contributed by atoms with van der Waals surface area (Å²) >= 11 is 0. The number of carboxylic acids is 1. The third-order valence-electron chi connectivity index (χ3n) is 2.05. The van der Waals surface area contributed by atoms with Crippen molar-refractivity contribution in [3.63, 3.8) is 0 Å². The van der Waals surface area contributed by atoms with Crippen LogP contribution in [0, 0.1) is 0 Å². The fourth-order valence-corrected chi connectivity index (χ4v) is 2.24. The summed E-state index contributed by atoms with van der Waals surface area (Å²) in [4.78, 5) is 23.2. The lowest BCUT2D eigenvalue weighted by Gasteiger charge is -2.19. The summed E-state index contributed by atoms with van der Waals surface area (Å²) in [5, 5.41) is 8.49. The van der Waals surface area contributed by atoms with Crippen LogP contribution < -0.4 is 0 Å². The molecule has 0 heterocycles. The van der Waals surface area contributed by atoms with Crippen molar-refractivity contribution in [1.82, 2.24) is 4.90 Å². The van der Waals surface area contributed by atoms with Gasteiger partial charge in [-0.3, -0.25) is 9.59 Å². The second-order valence-electron chi connectivity index (χ2n) is 3.46. The molecule has 0 radical (unpaired) electrons. The zero-order valence-corrected chi connectivity index (χ0v) is 10.6. The van der Waals surface area contributed by atoms with Crippen molar-refractivity contribution in [1.29, 1.82) is 0 Å². The van der Waals surface area contributed by atoms with Crippen LogP contribution in [0.25, 0.3) is 0 Å². The summed E-state index contributed by atoms with van der Waals surface area (Å²) in [6, 6.07) is 0. The Labute approximate surface area is 101 Å². The van der Waals surface area contributed by atoms with Gasteiger partial charge >= 0.3 is 5.97 Å². The Morgan fingerprint density at radius 3 is 2.41 bits per heavy atom. The van der Waals surface area contributed by atoms with Crippen LogP contribution in [0.3, 0.4) is 0 Å². The first-order valence-corrected chi connectivity index (χ1v) is 6.95. The molecule has 0 spiro atoms. The van der Waals surface area contributed by atoms with Gasteiger partial charge < -0.3 is 10.0 Å². The summed E-state index contributed by atoms with van der Waals surface area (Å²) in [6.07, 6.45) is 1.03. The van der Waals surface area contributed by atoms with E-state index >= 15 is 0 Å². The first kappa shape index (κ1) is 15.6. The number of amides is 1. The molecule has 1 N–H and O–H groups in total. The Kier molecular flexibility index (Phi) is 6.48. The molecule has 0 aliphatic heterocycles. The summed E-state index contributed by atoms with van der Waals surface area (Å²) in [6.45, 7) is 5.27. The van der Waals surface area contributed by atoms with Crippen LogP contribution in [0.2, 0.25) is 0 Å². The van der Waals surface area contributed by atoms with E-state index < -0.39 is 27.5 Å². The van der Waals surface area contributed by atoms with Crippen LogP contribution in [0.15, 0.2) is 12.7 Å². The van der Waals surface area contributed by atoms with Crippen LogP contribution in [0.5, 0.6) is 0 Å². The highest BCUT2D eigenvalue weighted by molar-refractivity contribution is 7.92. The van der Waals surface area contributed by atoms with Gasteiger partial charge in [-0.05, 0) is 6.92 Å². The van der Waals surface area contributed by atoms with Gasteiger partial charge in [-0.2, -0.15) is 0 Å². The fourth-order valence-electron chi connectivity index (χ4n) is 1.21. The van der Waals surface area contributed by atoms with Gasteiger partial charge in [0.2, 0.25) is 5.91 Å². The van der Waals surface area contributed by atoms with Gasteiger partial charge in [-0.1, -0.05) is 6.08 Å². The van der Waals surface area contributed by atoms with E-state index in [4.69, 9.17) is 5.11 Å². The Bertz CT molecular complexity index is 388. The quantitative estimate of drug-likeness (QED) is 0.618. The van der Waals surface area contributed by atoms with E-state index in [2.05, 4.69) is 6.58 Å². The molecule has 0 rings (SSSR count). The Morgan fingerprint density at radius 1 is 1.41 bits per heavy atom. The molecule has 0 unspecified atom stereocenters.